The van der Waals surface area contributed by atoms with Gasteiger partial charge in [-0.05, 0) is 21.5 Å². The fraction of sp³-hybridized carbons (Fsp3) is 0. The smallest absolute Gasteiger partial charge is 0.195 e. The Morgan fingerprint density at radius 1 is 0.417 bits per heavy atom. The van der Waals surface area contributed by atoms with E-state index in [9.17, 15) is 9.59 Å². The normalized spacial score (nSPS) is 13.2. The Kier molecular flexibility index (Phi) is 2.54. The quantitative estimate of drug-likeness (QED) is 0.386. The standard InChI is InChI=1S/C22H12O2/c23-21-17-11-5-6-12-18(17)22(24)20-16-10-4-2-8-14(16)13-7-1-3-9-15(13)19(20)21/h1-12H. The third-order valence-corrected chi connectivity index (χ3v) is 4.80. The second-order valence-electron chi connectivity index (χ2n) is 6.04. The van der Waals surface area contributed by atoms with E-state index in [0.29, 0.717) is 22.3 Å². The minimum Gasteiger partial charge on any atom is -0.289 e. The van der Waals surface area contributed by atoms with Crippen LogP contribution in [0.2, 0.25) is 0 Å². The molecule has 2 nitrogen and oxygen atoms in total. The maximum Gasteiger partial charge on any atom is 0.195 e. The van der Waals surface area contributed by atoms with E-state index in [-0.39, 0.29) is 11.6 Å². The molecule has 1 aliphatic carbocycles. The Morgan fingerprint density at radius 2 is 0.750 bits per heavy atom. The average molecular weight is 308 g/mol. The summed E-state index contributed by atoms with van der Waals surface area (Å²) in [6.45, 7) is 0. The van der Waals surface area contributed by atoms with Crippen LogP contribution in [0.4, 0.5) is 0 Å². The molecule has 0 amide bonds. The molecule has 0 bridgehead atoms. The Bertz CT molecular complexity index is 1090. The topological polar surface area (TPSA) is 34.1 Å². The van der Waals surface area contributed by atoms with Gasteiger partial charge in [0.25, 0.3) is 0 Å². The predicted molar refractivity (Wildman–Crippen MR) is 94.8 cm³/mol. The van der Waals surface area contributed by atoms with E-state index in [1.165, 1.54) is 0 Å². The van der Waals surface area contributed by atoms with E-state index in [0.717, 1.165) is 21.5 Å². The zero-order valence-corrected chi connectivity index (χ0v) is 12.7. The molecule has 0 atom stereocenters. The molecule has 4 aromatic carbocycles. The van der Waals surface area contributed by atoms with Crippen LogP contribution in [0, 0.1) is 0 Å². The minimum atomic E-state index is -0.0675. The van der Waals surface area contributed by atoms with Crippen molar-refractivity contribution in [3.05, 3.63) is 95.1 Å². The van der Waals surface area contributed by atoms with E-state index in [2.05, 4.69) is 0 Å². The number of carbonyl (C=O) groups excluding carboxylic acids is 2. The van der Waals surface area contributed by atoms with Crippen molar-refractivity contribution in [3.63, 3.8) is 0 Å². The number of hydrogen-bond acceptors (Lipinski definition) is 2. The molecule has 24 heavy (non-hydrogen) atoms. The van der Waals surface area contributed by atoms with Crippen molar-refractivity contribution in [2.45, 2.75) is 0 Å². The lowest BCUT2D eigenvalue weighted by Crippen LogP contribution is -2.21. The molecule has 0 spiro atoms. The number of carbonyl (C=O) groups is 2. The summed E-state index contributed by atoms with van der Waals surface area (Å²) < 4.78 is 0. The zero-order chi connectivity index (χ0) is 16.3. The van der Waals surface area contributed by atoms with E-state index in [1.807, 2.05) is 48.5 Å². The van der Waals surface area contributed by atoms with Crippen LogP contribution in [0.3, 0.4) is 0 Å². The van der Waals surface area contributed by atoms with Crippen molar-refractivity contribution in [3.8, 4) is 0 Å². The third-order valence-electron chi connectivity index (χ3n) is 4.80. The molecule has 0 saturated carbocycles. The Hall–Kier alpha value is -3.26. The monoisotopic (exact) mass is 308 g/mol. The van der Waals surface area contributed by atoms with Crippen LogP contribution in [0.25, 0.3) is 21.5 Å². The molecular weight excluding hydrogens is 296 g/mol. The summed E-state index contributed by atoms with van der Waals surface area (Å²) >= 11 is 0. The second kappa shape index (κ2) is 4.62. The summed E-state index contributed by atoms with van der Waals surface area (Å²) in [5.41, 5.74) is 2.06. The molecule has 1 aliphatic rings. The highest BCUT2D eigenvalue weighted by atomic mass is 16.1. The first-order valence-electron chi connectivity index (χ1n) is 7.89. The second-order valence-corrected chi connectivity index (χ2v) is 6.04. The van der Waals surface area contributed by atoms with Crippen molar-refractivity contribution >= 4 is 33.1 Å². The van der Waals surface area contributed by atoms with Crippen LogP contribution >= 0.6 is 0 Å². The number of rotatable bonds is 0. The summed E-state index contributed by atoms with van der Waals surface area (Å²) in [4.78, 5) is 26.3. The van der Waals surface area contributed by atoms with Gasteiger partial charge in [0, 0.05) is 22.3 Å². The molecule has 0 saturated heterocycles. The van der Waals surface area contributed by atoms with Gasteiger partial charge in [-0.3, -0.25) is 9.59 Å². The first-order valence-corrected chi connectivity index (χ1v) is 7.89. The van der Waals surface area contributed by atoms with Gasteiger partial charge in [0.15, 0.2) is 11.6 Å². The zero-order valence-electron chi connectivity index (χ0n) is 12.7. The van der Waals surface area contributed by atoms with Crippen LogP contribution in [0.1, 0.15) is 31.8 Å². The van der Waals surface area contributed by atoms with E-state index < -0.39 is 0 Å². The van der Waals surface area contributed by atoms with Crippen LogP contribution in [0.5, 0.6) is 0 Å². The van der Waals surface area contributed by atoms with E-state index in [1.54, 1.807) is 24.3 Å². The van der Waals surface area contributed by atoms with Gasteiger partial charge >= 0.3 is 0 Å². The molecule has 4 aromatic rings. The fourth-order valence-electron chi connectivity index (χ4n) is 3.76. The van der Waals surface area contributed by atoms with Crippen molar-refractivity contribution in [1.82, 2.24) is 0 Å². The molecule has 0 heterocycles. The van der Waals surface area contributed by atoms with Crippen LogP contribution < -0.4 is 0 Å². The Balaban J connectivity index is 2.06. The van der Waals surface area contributed by atoms with E-state index in [4.69, 9.17) is 0 Å². The lowest BCUT2D eigenvalue weighted by molar-refractivity contribution is 0.0981. The van der Waals surface area contributed by atoms with Crippen molar-refractivity contribution in [1.29, 1.82) is 0 Å². The predicted octanol–water partition coefficient (Wildman–Crippen LogP) is 4.77. The van der Waals surface area contributed by atoms with Gasteiger partial charge in [-0.2, -0.15) is 0 Å². The highest BCUT2D eigenvalue weighted by Gasteiger charge is 2.32. The van der Waals surface area contributed by atoms with Crippen LogP contribution in [-0.4, -0.2) is 11.6 Å². The van der Waals surface area contributed by atoms with Crippen LogP contribution in [0.15, 0.2) is 72.8 Å². The highest BCUT2D eigenvalue weighted by molar-refractivity contribution is 6.37. The maximum atomic E-state index is 13.2. The maximum absolute atomic E-state index is 13.2. The summed E-state index contributed by atoms with van der Waals surface area (Å²) in [5, 5.41) is 3.71. The fourth-order valence-corrected chi connectivity index (χ4v) is 3.76. The summed E-state index contributed by atoms with van der Waals surface area (Å²) in [6.07, 6.45) is 0. The molecule has 0 N–H and O–H groups in total. The highest BCUT2D eigenvalue weighted by Crippen LogP contribution is 2.38. The average Bonchev–Trinajstić information content (AvgIpc) is 2.65. The minimum absolute atomic E-state index is 0.0675. The number of benzene rings is 4. The molecular formula is C22H12O2. The first-order chi connectivity index (χ1) is 11.8. The number of hydrogen-bond donors (Lipinski definition) is 0. The van der Waals surface area contributed by atoms with Gasteiger partial charge in [-0.25, -0.2) is 0 Å². The van der Waals surface area contributed by atoms with Gasteiger partial charge in [0.1, 0.15) is 0 Å². The van der Waals surface area contributed by atoms with Gasteiger partial charge in [0.2, 0.25) is 0 Å². The molecule has 0 aromatic heterocycles. The molecule has 2 heteroatoms. The SMILES string of the molecule is O=C1c2ccccc2C(=O)c2c1c1ccccc1c1ccccc21. The van der Waals surface area contributed by atoms with Gasteiger partial charge in [0.05, 0.1) is 0 Å². The van der Waals surface area contributed by atoms with Crippen molar-refractivity contribution in [2.24, 2.45) is 0 Å². The molecule has 112 valence electrons. The lowest BCUT2D eigenvalue weighted by atomic mass is 9.79. The number of ketones is 2. The van der Waals surface area contributed by atoms with Crippen molar-refractivity contribution < 1.29 is 9.59 Å². The summed E-state index contributed by atoms with van der Waals surface area (Å²) in [5.74, 6) is -0.135. The molecule has 0 aliphatic heterocycles. The van der Waals surface area contributed by atoms with E-state index >= 15 is 0 Å². The third kappa shape index (κ3) is 1.55. The Labute approximate surface area is 138 Å². The lowest BCUT2D eigenvalue weighted by Gasteiger charge is -2.21. The Morgan fingerprint density at radius 3 is 1.17 bits per heavy atom. The van der Waals surface area contributed by atoms with Gasteiger partial charge < -0.3 is 0 Å². The first kappa shape index (κ1) is 13.2. The van der Waals surface area contributed by atoms with Gasteiger partial charge in [-0.1, -0.05) is 72.8 Å². The molecule has 0 fully saturated rings. The molecule has 0 unspecified atom stereocenters. The summed E-state index contributed by atoms with van der Waals surface area (Å²) in [6, 6.07) is 22.7. The van der Waals surface area contributed by atoms with Gasteiger partial charge in [-0.15, -0.1) is 0 Å². The largest absolute Gasteiger partial charge is 0.289 e. The molecule has 5 rings (SSSR count). The summed E-state index contributed by atoms with van der Waals surface area (Å²) in [7, 11) is 0. The molecule has 0 radical (unpaired) electrons. The number of fused-ring (bicyclic) bond motifs is 7. The van der Waals surface area contributed by atoms with Crippen molar-refractivity contribution in [2.75, 3.05) is 0 Å². The van der Waals surface area contributed by atoms with Crippen LogP contribution in [-0.2, 0) is 0 Å².